The van der Waals surface area contributed by atoms with Crippen LogP contribution in [-0.4, -0.2) is 86.4 Å². The maximum Gasteiger partial charge on any atom is 0.248 e. The van der Waals surface area contributed by atoms with Crippen LogP contribution < -0.4 is 0 Å². The first-order valence-electron chi connectivity index (χ1n) is 9.22. The van der Waals surface area contributed by atoms with Gasteiger partial charge in [0.2, 0.25) is 26.0 Å². The van der Waals surface area contributed by atoms with Gasteiger partial charge in [0.15, 0.2) is 5.76 Å². The van der Waals surface area contributed by atoms with Crippen LogP contribution in [-0.2, 0) is 24.8 Å². The fraction of sp³-hybridized carbons (Fsp3) is 0.750. The van der Waals surface area contributed by atoms with Crippen molar-refractivity contribution in [2.45, 2.75) is 44.0 Å². The SMILES string of the molecule is Cc1noc(C)c1S(=O)(=O)N1CCCN(C(=O)C2CCCN2S(C)(=O)=O)CC1. The normalized spacial score (nSPS) is 23.1. The first-order chi connectivity index (χ1) is 13.0. The number of sulfonamides is 2. The van der Waals surface area contributed by atoms with E-state index in [1.807, 2.05) is 0 Å². The fourth-order valence-electron chi connectivity index (χ4n) is 3.92. The molecule has 1 aromatic rings. The molecule has 3 heterocycles. The van der Waals surface area contributed by atoms with Crippen LogP contribution in [0.15, 0.2) is 9.42 Å². The van der Waals surface area contributed by atoms with Gasteiger partial charge in [-0.15, -0.1) is 0 Å². The second-order valence-electron chi connectivity index (χ2n) is 7.27. The summed E-state index contributed by atoms with van der Waals surface area (Å²) in [5, 5.41) is 3.72. The molecule has 0 radical (unpaired) electrons. The third-order valence-corrected chi connectivity index (χ3v) is 8.68. The Balaban J connectivity index is 1.74. The smallest absolute Gasteiger partial charge is 0.248 e. The van der Waals surface area contributed by atoms with Gasteiger partial charge in [0.1, 0.15) is 16.6 Å². The number of carbonyl (C=O) groups is 1. The lowest BCUT2D eigenvalue weighted by molar-refractivity contribution is -0.134. The molecule has 0 N–H and O–H groups in total. The van der Waals surface area contributed by atoms with Crippen molar-refractivity contribution >= 4 is 26.0 Å². The zero-order valence-electron chi connectivity index (χ0n) is 16.3. The zero-order valence-corrected chi connectivity index (χ0v) is 17.9. The highest BCUT2D eigenvalue weighted by atomic mass is 32.2. The van der Waals surface area contributed by atoms with E-state index < -0.39 is 26.1 Å². The van der Waals surface area contributed by atoms with Crippen molar-refractivity contribution in [3.8, 4) is 0 Å². The van der Waals surface area contributed by atoms with Gasteiger partial charge >= 0.3 is 0 Å². The molecule has 10 nitrogen and oxygen atoms in total. The van der Waals surface area contributed by atoms with Crippen molar-refractivity contribution < 1.29 is 26.2 Å². The largest absolute Gasteiger partial charge is 0.360 e. The predicted molar refractivity (Wildman–Crippen MR) is 101 cm³/mol. The van der Waals surface area contributed by atoms with Crippen LogP contribution in [0.2, 0.25) is 0 Å². The number of aryl methyl sites for hydroxylation is 2. The number of carbonyl (C=O) groups excluding carboxylic acids is 1. The lowest BCUT2D eigenvalue weighted by Gasteiger charge is -2.28. The van der Waals surface area contributed by atoms with E-state index in [1.54, 1.807) is 18.7 Å². The van der Waals surface area contributed by atoms with Crippen LogP contribution in [0.3, 0.4) is 0 Å². The second-order valence-corrected chi connectivity index (χ2v) is 11.1. The molecule has 12 heteroatoms. The van der Waals surface area contributed by atoms with E-state index in [1.165, 1.54) is 8.61 Å². The van der Waals surface area contributed by atoms with Crippen molar-refractivity contribution in [1.82, 2.24) is 18.7 Å². The number of nitrogens with zero attached hydrogens (tertiary/aromatic N) is 4. The Morgan fingerprint density at radius 3 is 2.36 bits per heavy atom. The molecule has 1 amide bonds. The molecule has 2 aliphatic heterocycles. The van der Waals surface area contributed by atoms with Crippen molar-refractivity contribution in [3.05, 3.63) is 11.5 Å². The average molecular weight is 435 g/mol. The lowest BCUT2D eigenvalue weighted by Crippen LogP contribution is -2.48. The molecule has 0 spiro atoms. The Hall–Kier alpha value is -1.50. The molecule has 3 rings (SSSR count). The highest BCUT2D eigenvalue weighted by Gasteiger charge is 2.40. The van der Waals surface area contributed by atoms with Crippen LogP contribution in [0.4, 0.5) is 0 Å². The topological polar surface area (TPSA) is 121 Å². The average Bonchev–Trinajstić information content (AvgIpc) is 3.13. The Labute approximate surface area is 165 Å². The summed E-state index contributed by atoms with van der Waals surface area (Å²) in [6.07, 6.45) is 2.71. The Morgan fingerprint density at radius 2 is 1.75 bits per heavy atom. The fourth-order valence-corrected chi connectivity index (χ4v) is 6.80. The summed E-state index contributed by atoms with van der Waals surface area (Å²) in [7, 11) is -7.23. The minimum atomic E-state index is -3.77. The van der Waals surface area contributed by atoms with Crippen molar-refractivity contribution in [3.63, 3.8) is 0 Å². The third kappa shape index (κ3) is 3.95. The van der Waals surface area contributed by atoms with E-state index in [9.17, 15) is 21.6 Å². The maximum absolute atomic E-state index is 13.0. The van der Waals surface area contributed by atoms with Gasteiger partial charge in [-0.1, -0.05) is 5.16 Å². The minimum Gasteiger partial charge on any atom is -0.360 e. The van der Waals surface area contributed by atoms with E-state index >= 15 is 0 Å². The quantitative estimate of drug-likeness (QED) is 0.651. The van der Waals surface area contributed by atoms with E-state index in [4.69, 9.17) is 4.52 Å². The Morgan fingerprint density at radius 1 is 1.04 bits per heavy atom. The third-order valence-electron chi connectivity index (χ3n) is 5.25. The van der Waals surface area contributed by atoms with Gasteiger partial charge in [0.05, 0.1) is 6.26 Å². The Bertz CT molecular complexity index is 936. The summed E-state index contributed by atoms with van der Waals surface area (Å²) in [6.45, 7) is 4.50. The van der Waals surface area contributed by atoms with Crippen molar-refractivity contribution in [2.24, 2.45) is 0 Å². The first-order valence-corrected chi connectivity index (χ1v) is 12.5. The standard InChI is InChI=1S/C16H26N4O6S2/c1-12-15(13(2)26-17-12)28(24,25)19-8-5-7-18(10-11-19)16(21)14-6-4-9-20(14)27(3,22)23/h14H,4-11H2,1-3H3. The van der Waals surface area contributed by atoms with E-state index in [-0.39, 0.29) is 36.2 Å². The van der Waals surface area contributed by atoms with Gasteiger partial charge < -0.3 is 9.42 Å². The molecule has 2 saturated heterocycles. The number of amides is 1. The van der Waals surface area contributed by atoms with Crippen LogP contribution >= 0.6 is 0 Å². The summed E-state index contributed by atoms with van der Waals surface area (Å²) < 4.78 is 57.4. The highest BCUT2D eigenvalue weighted by Crippen LogP contribution is 2.26. The summed E-state index contributed by atoms with van der Waals surface area (Å²) in [5.41, 5.74) is 0.310. The maximum atomic E-state index is 13.0. The van der Waals surface area contributed by atoms with Crippen LogP contribution in [0, 0.1) is 13.8 Å². The minimum absolute atomic E-state index is 0.0753. The molecule has 0 aliphatic carbocycles. The number of aromatic nitrogens is 1. The molecular weight excluding hydrogens is 408 g/mol. The number of hydrogen-bond acceptors (Lipinski definition) is 7. The summed E-state index contributed by atoms with van der Waals surface area (Å²) in [6, 6.07) is -0.694. The number of rotatable bonds is 4. The van der Waals surface area contributed by atoms with E-state index in [0.717, 1.165) is 6.26 Å². The molecule has 1 unspecified atom stereocenters. The van der Waals surface area contributed by atoms with Gasteiger partial charge in [-0.3, -0.25) is 4.79 Å². The molecular formula is C16H26N4O6S2. The Kier molecular flexibility index (Phi) is 5.86. The predicted octanol–water partition coefficient (Wildman–Crippen LogP) is -0.0616. The molecule has 0 aromatic carbocycles. The number of hydrogen-bond donors (Lipinski definition) is 0. The molecule has 1 aromatic heterocycles. The summed E-state index contributed by atoms with van der Waals surface area (Å²) >= 11 is 0. The van der Waals surface area contributed by atoms with Gasteiger partial charge in [0, 0.05) is 32.7 Å². The molecule has 2 fully saturated rings. The highest BCUT2D eigenvalue weighted by molar-refractivity contribution is 7.89. The van der Waals surface area contributed by atoms with Gasteiger partial charge in [-0.2, -0.15) is 8.61 Å². The summed E-state index contributed by atoms with van der Waals surface area (Å²) in [5.74, 6) is -0.0102. The lowest BCUT2D eigenvalue weighted by atomic mass is 10.2. The molecule has 28 heavy (non-hydrogen) atoms. The second kappa shape index (κ2) is 7.73. The molecule has 0 bridgehead atoms. The molecule has 2 aliphatic rings. The monoisotopic (exact) mass is 434 g/mol. The van der Waals surface area contributed by atoms with Crippen LogP contribution in [0.5, 0.6) is 0 Å². The first kappa shape index (κ1) is 21.2. The molecule has 0 saturated carbocycles. The summed E-state index contributed by atoms with van der Waals surface area (Å²) in [4.78, 5) is 14.6. The van der Waals surface area contributed by atoms with E-state index in [2.05, 4.69) is 5.16 Å². The van der Waals surface area contributed by atoms with Crippen LogP contribution in [0.25, 0.3) is 0 Å². The zero-order chi connectivity index (χ0) is 20.7. The van der Waals surface area contributed by atoms with Crippen molar-refractivity contribution in [1.29, 1.82) is 0 Å². The van der Waals surface area contributed by atoms with Gasteiger partial charge in [0.25, 0.3) is 0 Å². The molecule has 158 valence electrons. The van der Waals surface area contributed by atoms with E-state index in [0.29, 0.717) is 38.0 Å². The molecule has 1 atom stereocenters. The van der Waals surface area contributed by atoms with Gasteiger partial charge in [-0.05, 0) is 33.1 Å². The van der Waals surface area contributed by atoms with Gasteiger partial charge in [-0.25, -0.2) is 16.8 Å². The van der Waals surface area contributed by atoms with Crippen LogP contribution in [0.1, 0.15) is 30.7 Å². The van der Waals surface area contributed by atoms with Crippen molar-refractivity contribution in [2.75, 3.05) is 39.0 Å².